The predicted octanol–water partition coefficient (Wildman–Crippen LogP) is 5.33. The highest BCUT2D eigenvalue weighted by Crippen LogP contribution is 2.34. The molecule has 39 heavy (non-hydrogen) atoms. The molecule has 0 atom stereocenters. The number of nitrogens with zero attached hydrogens (tertiary/aromatic N) is 4. The fourth-order valence-corrected chi connectivity index (χ4v) is 7.10. The highest BCUT2D eigenvalue weighted by Gasteiger charge is 2.16. The van der Waals surface area contributed by atoms with Gasteiger partial charge in [-0.2, -0.15) is 5.10 Å². The van der Waals surface area contributed by atoms with Crippen LogP contribution in [0, 0.1) is 9.77 Å². The molecule has 4 aromatic rings. The summed E-state index contributed by atoms with van der Waals surface area (Å²) in [5, 5.41) is 10.8. The summed E-state index contributed by atoms with van der Waals surface area (Å²) in [5.41, 5.74) is 1.46. The largest absolute Gasteiger partial charge is 0.492 e. The lowest BCUT2D eigenvalue weighted by atomic mass is 10.1. The van der Waals surface area contributed by atoms with E-state index in [1.807, 2.05) is 6.92 Å². The zero-order valence-corrected chi connectivity index (χ0v) is 24.6. The van der Waals surface area contributed by atoms with Gasteiger partial charge in [0.2, 0.25) is 5.91 Å². The number of hydrogen-bond donors (Lipinski definition) is 2. The monoisotopic (exact) mass is 628 g/mol. The molecular formula is C23H22ClFN6O4S4. The number of halogens is 2. The van der Waals surface area contributed by atoms with Gasteiger partial charge in [0, 0.05) is 29.1 Å². The van der Waals surface area contributed by atoms with Gasteiger partial charge in [-0.05, 0) is 43.4 Å². The second kappa shape index (κ2) is 12.6. The van der Waals surface area contributed by atoms with Crippen LogP contribution in [0.5, 0.6) is 5.75 Å². The number of carbonyl (C=O) groups is 1. The Bertz CT molecular complexity index is 1700. The van der Waals surface area contributed by atoms with Gasteiger partial charge in [-0.15, -0.1) is 0 Å². The van der Waals surface area contributed by atoms with Crippen LogP contribution in [-0.4, -0.2) is 58.4 Å². The molecule has 2 aromatic heterocycles. The normalized spacial score (nSPS) is 11.5. The average Bonchev–Trinajstić information content (AvgIpc) is 3.20. The summed E-state index contributed by atoms with van der Waals surface area (Å²) in [7, 11) is -3.09. The SMILES string of the molecule is CCOc1cc2ncnc(Nc3ccc(F)c(Cl)c3)c2cc1NC(=O)Cn1nc(SCCS(C)(=O)=O)sc1=S. The van der Waals surface area contributed by atoms with Gasteiger partial charge < -0.3 is 15.4 Å². The number of hydrogen-bond acceptors (Lipinski definition) is 11. The number of carbonyl (C=O) groups excluding carboxylic acids is 1. The molecule has 0 saturated carbocycles. The van der Waals surface area contributed by atoms with Gasteiger partial charge in [0.25, 0.3) is 0 Å². The van der Waals surface area contributed by atoms with Gasteiger partial charge in [-0.25, -0.2) is 27.5 Å². The van der Waals surface area contributed by atoms with Crippen LogP contribution in [0.2, 0.25) is 5.02 Å². The van der Waals surface area contributed by atoms with E-state index in [1.54, 1.807) is 12.1 Å². The number of nitrogens with one attached hydrogen (secondary N) is 2. The van der Waals surface area contributed by atoms with Gasteiger partial charge in [0.05, 0.1) is 28.6 Å². The Morgan fingerprint density at radius 3 is 2.79 bits per heavy atom. The summed E-state index contributed by atoms with van der Waals surface area (Å²) in [4.78, 5) is 21.6. The summed E-state index contributed by atoms with van der Waals surface area (Å²) < 4.78 is 44.4. The molecule has 1 amide bonds. The van der Waals surface area contributed by atoms with Crippen LogP contribution in [0.3, 0.4) is 0 Å². The van der Waals surface area contributed by atoms with Gasteiger partial charge >= 0.3 is 0 Å². The second-order valence-electron chi connectivity index (χ2n) is 8.09. The van der Waals surface area contributed by atoms with E-state index in [2.05, 4.69) is 25.7 Å². The van der Waals surface area contributed by atoms with Gasteiger partial charge in [0.15, 0.2) is 8.29 Å². The Morgan fingerprint density at radius 2 is 2.08 bits per heavy atom. The second-order valence-corrected chi connectivity index (χ2v) is 13.7. The smallest absolute Gasteiger partial charge is 0.246 e. The summed E-state index contributed by atoms with van der Waals surface area (Å²) in [6.45, 7) is 2.01. The zero-order chi connectivity index (χ0) is 28.2. The molecule has 206 valence electrons. The van der Waals surface area contributed by atoms with Gasteiger partial charge in [-0.3, -0.25) is 4.79 Å². The van der Waals surface area contributed by atoms with Gasteiger partial charge in [0.1, 0.15) is 40.1 Å². The summed E-state index contributed by atoms with van der Waals surface area (Å²) in [6, 6.07) is 7.57. The fraction of sp³-hybridized carbons (Fsp3) is 0.261. The van der Waals surface area contributed by atoms with E-state index in [1.165, 1.54) is 58.6 Å². The summed E-state index contributed by atoms with van der Waals surface area (Å²) in [6.07, 6.45) is 2.55. The lowest BCUT2D eigenvalue weighted by Crippen LogP contribution is -2.20. The van der Waals surface area contributed by atoms with Crippen molar-refractivity contribution in [3.8, 4) is 5.75 Å². The molecule has 0 saturated heterocycles. The van der Waals surface area contributed by atoms with Crippen LogP contribution in [0.25, 0.3) is 10.9 Å². The molecule has 2 heterocycles. The van der Waals surface area contributed by atoms with E-state index in [-0.39, 0.29) is 17.3 Å². The molecule has 2 aromatic carbocycles. The molecule has 0 aliphatic carbocycles. The van der Waals surface area contributed by atoms with Crippen molar-refractivity contribution in [2.75, 3.05) is 35.0 Å². The molecule has 0 radical (unpaired) electrons. The maximum absolute atomic E-state index is 13.6. The number of rotatable bonds is 11. The Morgan fingerprint density at radius 1 is 1.28 bits per heavy atom. The number of amides is 1. The number of sulfone groups is 1. The minimum atomic E-state index is -3.09. The third-order valence-electron chi connectivity index (χ3n) is 5.05. The van der Waals surface area contributed by atoms with E-state index in [0.29, 0.717) is 54.5 Å². The molecule has 0 fully saturated rings. The molecule has 10 nitrogen and oxygen atoms in total. The molecule has 0 bridgehead atoms. The van der Waals surface area contributed by atoms with Crippen LogP contribution in [0.1, 0.15) is 6.92 Å². The fourth-order valence-electron chi connectivity index (χ4n) is 3.32. The van der Waals surface area contributed by atoms with Crippen molar-refractivity contribution in [3.05, 3.63) is 51.5 Å². The number of ether oxygens (including phenoxy) is 1. The predicted molar refractivity (Wildman–Crippen MR) is 155 cm³/mol. The van der Waals surface area contributed by atoms with Crippen LogP contribution < -0.4 is 15.4 Å². The van der Waals surface area contributed by atoms with E-state index >= 15 is 0 Å². The molecule has 0 aliphatic rings. The molecule has 4 rings (SSSR count). The molecule has 0 unspecified atom stereocenters. The number of fused-ring (bicyclic) bond motifs is 1. The Labute approximate surface area is 241 Å². The lowest BCUT2D eigenvalue weighted by molar-refractivity contribution is -0.116. The van der Waals surface area contributed by atoms with E-state index in [4.69, 9.17) is 28.6 Å². The first-order valence-corrected chi connectivity index (χ1v) is 16.0. The molecule has 16 heteroatoms. The maximum atomic E-state index is 13.6. The number of aromatic nitrogens is 4. The first-order chi connectivity index (χ1) is 18.5. The Hall–Kier alpha value is -2.85. The minimum Gasteiger partial charge on any atom is -0.492 e. The Kier molecular flexibility index (Phi) is 9.38. The molecular weight excluding hydrogens is 607 g/mol. The van der Waals surface area contributed by atoms with E-state index in [0.717, 1.165) is 0 Å². The standard InChI is InChI=1S/C23H22ClFN6O4S4/c1-3-35-19-10-17-14(21(27-12-26-17)28-13-4-5-16(25)15(24)8-13)9-18(19)29-20(32)11-31-23(36)38-22(30-31)37-6-7-39(2,33)34/h4-5,8-10,12H,3,6-7,11H2,1-2H3,(H,29,32)(H,26,27,28). The van der Waals surface area contributed by atoms with E-state index < -0.39 is 21.6 Å². The highest BCUT2D eigenvalue weighted by molar-refractivity contribution is 8.02. The number of anilines is 3. The number of benzene rings is 2. The molecule has 2 N–H and O–H groups in total. The quantitative estimate of drug-likeness (QED) is 0.166. The maximum Gasteiger partial charge on any atom is 0.246 e. The van der Waals surface area contributed by atoms with Crippen molar-refractivity contribution in [2.45, 2.75) is 17.8 Å². The minimum absolute atomic E-state index is 0.0153. The summed E-state index contributed by atoms with van der Waals surface area (Å²) >= 11 is 13.7. The van der Waals surface area contributed by atoms with Crippen LogP contribution in [-0.2, 0) is 21.2 Å². The molecule has 0 aliphatic heterocycles. The Balaban J connectivity index is 1.56. The van der Waals surface area contributed by atoms with Crippen LogP contribution >= 0.6 is 46.9 Å². The third kappa shape index (κ3) is 7.85. The topological polar surface area (TPSA) is 128 Å². The van der Waals surface area contributed by atoms with Crippen molar-refractivity contribution in [1.82, 2.24) is 19.7 Å². The van der Waals surface area contributed by atoms with Crippen molar-refractivity contribution in [3.63, 3.8) is 0 Å². The van der Waals surface area contributed by atoms with Crippen molar-refractivity contribution >= 4 is 90.8 Å². The van der Waals surface area contributed by atoms with Crippen molar-refractivity contribution in [1.29, 1.82) is 0 Å². The summed E-state index contributed by atoms with van der Waals surface area (Å²) in [5.74, 6) is 0.235. The third-order valence-corrected chi connectivity index (χ3v) is 8.99. The van der Waals surface area contributed by atoms with E-state index in [9.17, 15) is 17.6 Å². The average molecular weight is 629 g/mol. The highest BCUT2D eigenvalue weighted by atomic mass is 35.5. The van der Waals surface area contributed by atoms with Crippen LogP contribution in [0.15, 0.2) is 41.0 Å². The zero-order valence-electron chi connectivity index (χ0n) is 20.6. The van der Waals surface area contributed by atoms with Crippen LogP contribution in [0.4, 0.5) is 21.6 Å². The molecule has 0 spiro atoms. The number of thioether (sulfide) groups is 1. The van der Waals surface area contributed by atoms with Crippen molar-refractivity contribution in [2.24, 2.45) is 0 Å². The first kappa shape index (κ1) is 29.1. The lowest BCUT2D eigenvalue weighted by Gasteiger charge is -2.15. The first-order valence-electron chi connectivity index (χ1n) is 11.3. The van der Waals surface area contributed by atoms with Gasteiger partial charge in [-0.1, -0.05) is 34.7 Å². The van der Waals surface area contributed by atoms with Crippen molar-refractivity contribution < 1.29 is 22.3 Å².